The van der Waals surface area contributed by atoms with Gasteiger partial charge in [-0.25, -0.2) is 9.97 Å². The van der Waals surface area contributed by atoms with Crippen molar-refractivity contribution in [3.8, 4) is 0 Å². The van der Waals surface area contributed by atoms with Crippen molar-refractivity contribution in [1.82, 2.24) is 19.5 Å². The average Bonchev–Trinajstić information content (AvgIpc) is 2.82. The Bertz CT molecular complexity index is 781. The Morgan fingerprint density at radius 3 is 2.70 bits per heavy atom. The number of carbonyl (C=O) groups excluding carboxylic acids is 1. The molecule has 0 aliphatic rings. The zero-order valence-corrected chi connectivity index (χ0v) is 11.1. The summed E-state index contributed by atoms with van der Waals surface area (Å²) in [5.41, 5.74) is 8.04. The van der Waals surface area contributed by atoms with Crippen molar-refractivity contribution in [2.24, 2.45) is 5.73 Å². The predicted octanol–water partition coefficient (Wildman–Crippen LogP) is 1.63. The monoisotopic (exact) mass is 287 g/mol. The molecular formula is C13H10ClN5O. The molecule has 0 fully saturated rings. The topological polar surface area (TPSA) is 86.7 Å². The van der Waals surface area contributed by atoms with Crippen LogP contribution in [0.3, 0.4) is 0 Å². The van der Waals surface area contributed by atoms with E-state index in [2.05, 4.69) is 15.0 Å². The molecule has 3 rings (SSSR count). The first kappa shape index (κ1) is 12.6. The lowest BCUT2D eigenvalue weighted by molar-refractivity contribution is 0.100. The first-order valence-electron chi connectivity index (χ1n) is 5.85. The van der Waals surface area contributed by atoms with E-state index in [0.717, 1.165) is 5.56 Å². The molecule has 100 valence electrons. The fourth-order valence-corrected chi connectivity index (χ4v) is 2.05. The molecule has 0 atom stereocenters. The highest BCUT2D eigenvalue weighted by molar-refractivity contribution is 6.28. The Morgan fingerprint density at radius 1 is 1.25 bits per heavy atom. The van der Waals surface area contributed by atoms with E-state index in [0.29, 0.717) is 23.3 Å². The van der Waals surface area contributed by atoms with Gasteiger partial charge in [0, 0.05) is 5.56 Å². The lowest BCUT2D eigenvalue weighted by atomic mass is 10.1. The minimum Gasteiger partial charge on any atom is -0.366 e. The van der Waals surface area contributed by atoms with E-state index < -0.39 is 5.91 Å². The van der Waals surface area contributed by atoms with Gasteiger partial charge in [0.2, 0.25) is 11.2 Å². The van der Waals surface area contributed by atoms with Gasteiger partial charge in [0.15, 0.2) is 5.65 Å². The van der Waals surface area contributed by atoms with E-state index in [1.165, 1.54) is 0 Å². The number of rotatable bonds is 3. The van der Waals surface area contributed by atoms with Crippen LogP contribution in [0.2, 0.25) is 5.28 Å². The first-order valence-corrected chi connectivity index (χ1v) is 6.23. The SMILES string of the molecule is NC(=O)c1ccc(Cn2cnc3cnc(Cl)nc32)cc1. The van der Waals surface area contributed by atoms with Crippen molar-refractivity contribution in [3.63, 3.8) is 0 Å². The minimum absolute atomic E-state index is 0.184. The normalized spacial score (nSPS) is 10.8. The average molecular weight is 288 g/mol. The Labute approximate surface area is 119 Å². The fourth-order valence-electron chi connectivity index (χ4n) is 1.92. The molecule has 0 aliphatic heterocycles. The second-order valence-corrected chi connectivity index (χ2v) is 4.62. The number of hydrogen-bond acceptors (Lipinski definition) is 4. The molecule has 7 heteroatoms. The van der Waals surface area contributed by atoms with Gasteiger partial charge in [-0.2, -0.15) is 4.98 Å². The van der Waals surface area contributed by atoms with E-state index in [4.69, 9.17) is 17.3 Å². The van der Waals surface area contributed by atoms with Crippen molar-refractivity contribution >= 4 is 28.7 Å². The predicted molar refractivity (Wildman–Crippen MR) is 74.4 cm³/mol. The summed E-state index contributed by atoms with van der Waals surface area (Å²) < 4.78 is 1.86. The van der Waals surface area contributed by atoms with Gasteiger partial charge in [0.25, 0.3) is 0 Å². The number of halogens is 1. The Morgan fingerprint density at radius 2 is 2.00 bits per heavy atom. The summed E-state index contributed by atoms with van der Waals surface area (Å²) in [6, 6.07) is 7.07. The molecule has 1 aromatic carbocycles. The Kier molecular flexibility index (Phi) is 3.08. The summed E-state index contributed by atoms with van der Waals surface area (Å²) in [7, 11) is 0. The second-order valence-electron chi connectivity index (χ2n) is 4.28. The van der Waals surface area contributed by atoms with Crippen LogP contribution in [0.5, 0.6) is 0 Å². The summed E-state index contributed by atoms with van der Waals surface area (Å²) in [5.74, 6) is -0.441. The number of benzene rings is 1. The highest BCUT2D eigenvalue weighted by atomic mass is 35.5. The molecule has 2 aromatic heterocycles. The molecular weight excluding hydrogens is 278 g/mol. The summed E-state index contributed by atoms with van der Waals surface area (Å²) in [4.78, 5) is 23.3. The lowest BCUT2D eigenvalue weighted by Gasteiger charge is -2.04. The molecule has 0 unspecified atom stereocenters. The van der Waals surface area contributed by atoms with Gasteiger partial charge in [0.05, 0.1) is 19.1 Å². The van der Waals surface area contributed by atoms with Crippen molar-refractivity contribution in [1.29, 1.82) is 0 Å². The standard InChI is InChI=1S/C13H10ClN5O/c14-13-16-5-10-12(18-13)19(7-17-10)6-8-1-3-9(4-2-8)11(15)20/h1-5,7H,6H2,(H2,15,20). The third-order valence-corrected chi connectivity index (χ3v) is 3.10. The first-order chi connectivity index (χ1) is 9.63. The number of fused-ring (bicyclic) bond motifs is 1. The van der Waals surface area contributed by atoms with Crippen LogP contribution in [0.25, 0.3) is 11.2 Å². The van der Waals surface area contributed by atoms with Crippen LogP contribution in [0.15, 0.2) is 36.8 Å². The van der Waals surface area contributed by atoms with Crippen molar-refractivity contribution in [2.45, 2.75) is 6.54 Å². The molecule has 2 N–H and O–H groups in total. The van der Waals surface area contributed by atoms with E-state index in [1.54, 1.807) is 24.7 Å². The third kappa shape index (κ3) is 2.33. The Balaban J connectivity index is 1.92. The van der Waals surface area contributed by atoms with E-state index >= 15 is 0 Å². The zero-order valence-electron chi connectivity index (χ0n) is 10.3. The maximum absolute atomic E-state index is 11.0. The molecule has 0 radical (unpaired) electrons. The van der Waals surface area contributed by atoms with E-state index in [-0.39, 0.29) is 5.28 Å². The fraction of sp³-hybridized carbons (Fsp3) is 0.0769. The van der Waals surface area contributed by atoms with E-state index in [1.807, 2.05) is 16.7 Å². The molecule has 1 amide bonds. The smallest absolute Gasteiger partial charge is 0.248 e. The number of hydrogen-bond donors (Lipinski definition) is 1. The quantitative estimate of drug-likeness (QED) is 0.742. The number of primary amides is 1. The highest BCUT2D eigenvalue weighted by Gasteiger charge is 2.07. The van der Waals surface area contributed by atoms with Gasteiger partial charge >= 0.3 is 0 Å². The van der Waals surface area contributed by atoms with Gasteiger partial charge in [-0.15, -0.1) is 0 Å². The van der Waals surface area contributed by atoms with Gasteiger partial charge in [0.1, 0.15) is 5.52 Å². The molecule has 0 spiro atoms. The van der Waals surface area contributed by atoms with Crippen LogP contribution >= 0.6 is 11.6 Å². The Hall–Kier alpha value is -2.47. The minimum atomic E-state index is -0.441. The summed E-state index contributed by atoms with van der Waals surface area (Å²) >= 11 is 5.79. The van der Waals surface area contributed by atoms with Gasteiger partial charge < -0.3 is 10.3 Å². The van der Waals surface area contributed by atoms with Crippen LogP contribution in [0.1, 0.15) is 15.9 Å². The van der Waals surface area contributed by atoms with Crippen molar-refractivity contribution < 1.29 is 4.79 Å². The molecule has 0 bridgehead atoms. The molecule has 20 heavy (non-hydrogen) atoms. The summed E-state index contributed by atoms with van der Waals surface area (Å²) in [6.45, 7) is 0.572. The number of aromatic nitrogens is 4. The second kappa shape index (κ2) is 4.90. The van der Waals surface area contributed by atoms with Crippen molar-refractivity contribution in [3.05, 3.63) is 53.2 Å². The van der Waals surface area contributed by atoms with E-state index in [9.17, 15) is 4.79 Å². The molecule has 3 aromatic rings. The lowest BCUT2D eigenvalue weighted by Crippen LogP contribution is -2.10. The number of carbonyl (C=O) groups is 1. The molecule has 0 aliphatic carbocycles. The molecule has 0 saturated heterocycles. The van der Waals surface area contributed by atoms with Crippen LogP contribution in [-0.4, -0.2) is 25.4 Å². The van der Waals surface area contributed by atoms with Gasteiger partial charge in [-0.3, -0.25) is 4.79 Å². The third-order valence-electron chi connectivity index (χ3n) is 2.92. The van der Waals surface area contributed by atoms with Gasteiger partial charge in [-0.1, -0.05) is 12.1 Å². The number of nitrogens with two attached hydrogens (primary N) is 1. The molecule has 2 heterocycles. The highest BCUT2D eigenvalue weighted by Crippen LogP contribution is 2.14. The number of nitrogens with zero attached hydrogens (tertiary/aromatic N) is 4. The largest absolute Gasteiger partial charge is 0.366 e. The van der Waals surface area contributed by atoms with Crippen LogP contribution in [-0.2, 0) is 6.54 Å². The summed E-state index contributed by atoms with van der Waals surface area (Å²) in [5, 5.41) is 0.184. The zero-order chi connectivity index (χ0) is 14.1. The number of imidazole rings is 1. The van der Waals surface area contributed by atoms with Crippen LogP contribution in [0.4, 0.5) is 0 Å². The summed E-state index contributed by atoms with van der Waals surface area (Å²) in [6.07, 6.45) is 3.26. The number of amides is 1. The van der Waals surface area contributed by atoms with Gasteiger partial charge in [-0.05, 0) is 29.3 Å². The van der Waals surface area contributed by atoms with Crippen LogP contribution < -0.4 is 5.73 Å². The van der Waals surface area contributed by atoms with Crippen molar-refractivity contribution in [2.75, 3.05) is 0 Å². The molecule has 6 nitrogen and oxygen atoms in total. The maximum Gasteiger partial charge on any atom is 0.248 e. The molecule has 0 saturated carbocycles. The van der Waals surface area contributed by atoms with Crippen LogP contribution in [0, 0.1) is 0 Å². The maximum atomic E-state index is 11.0.